The largest absolute Gasteiger partial charge is 0.462 e. The maximum Gasteiger partial charge on any atom is 0.306 e. The highest BCUT2D eigenvalue weighted by atomic mass is 16.6. The van der Waals surface area contributed by atoms with Crippen molar-refractivity contribution in [2.45, 2.75) is 348 Å². The fourth-order valence-electron chi connectivity index (χ4n) is 9.26. The maximum absolute atomic E-state index is 12.9. The molecule has 0 radical (unpaired) electrons. The van der Waals surface area contributed by atoms with Crippen LogP contribution in [0.4, 0.5) is 0 Å². The van der Waals surface area contributed by atoms with Crippen LogP contribution in [0.25, 0.3) is 0 Å². The first kappa shape index (κ1) is 66.9. The van der Waals surface area contributed by atoms with Gasteiger partial charge in [-0.2, -0.15) is 0 Å². The number of allylic oxidation sites excluding steroid dienone is 4. The van der Waals surface area contributed by atoms with Crippen LogP contribution in [0.3, 0.4) is 0 Å². The third kappa shape index (κ3) is 56.7. The zero-order valence-corrected chi connectivity index (χ0v) is 46.6. The smallest absolute Gasteiger partial charge is 0.306 e. The van der Waals surface area contributed by atoms with Gasteiger partial charge in [0.1, 0.15) is 13.2 Å². The van der Waals surface area contributed by atoms with Gasteiger partial charge < -0.3 is 14.2 Å². The monoisotopic (exact) mass is 971 g/mol. The molecule has 0 fully saturated rings. The Morgan fingerprint density at radius 3 is 0.739 bits per heavy atom. The van der Waals surface area contributed by atoms with Crippen LogP contribution in [0.1, 0.15) is 342 Å². The highest BCUT2D eigenvalue weighted by Crippen LogP contribution is 2.17. The van der Waals surface area contributed by atoms with E-state index in [0.29, 0.717) is 19.3 Å². The van der Waals surface area contributed by atoms with E-state index in [1.807, 2.05) is 0 Å². The molecular weight excluding hydrogens is 853 g/mol. The van der Waals surface area contributed by atoms with E-state index >= 15 is 0 Å². The lowest BCUT2D eigenvalue weighted by Gasteiger charge is -2.18. The molecule has 0 aliphatic rings. The number of ether oxygens (including phenoxy) is 3. The van der Waals surface area contributed by atoms with Gasteiger partial charge in [-0.3, -0.25) is 14.4 Å². The maximum atomic E-state index is 12.9. The summed E-state index contributed by atoms with van der Waals surface area (Å²) in [6, 6.07) is 0. The Morgan fingerprint density at radius 2 is 0.478 bits per heavy atom. The summed E-state index contributed by atoms with van der Waals surface area (Å²) in [5, 5.41) is 0. The van der Waals surface area contributed by atoms with E-state index < -0.39 is 6.10 Å². The number of esters is 3. The lowest BCUT2D eigenvalue weighted by Crippen LogP contribution is -2.30. The van der Waals surface area contributed by atoms with E-state index in [2.05, 4.69) is 45.1 Å². The van der Waals surface area contributed by atoms with Crippen LogP contribution in [0.15, 0.2) is 24.3 Å². The second-order valence-corrected chi connectivity index (χ2v) is 21.0. The molecule has 6 nitrogen and oxygen atoms in total. The van der Waals surface area contributed by atoms with E-state index in [4.69, 9.17) is 14.2 Å². The van der Waals surface area contributed by atoms with Gasteiger partial charge in [0, 0.05) is 19.3 Å². The van der Waals surface area contributed by atoms with Crippen molar-refractivity contribution in [3.8, 4) is 0 Å². The minimum absolute atomic E-state index is 0.0702. The third-order valence-electron chi connectivity index (χ3n) is 13.9. The summed E-state index contributed by atoms with van der Waals surface area (Å²) in [6.07, 6.45) is 68.8. The Labute approximate surface area is 430 Å². The van der Waals surface area contributed by atoms with Crippen LogP contribution in [0, 0.1) is 0 Å². The van der Waals surface area contributed by atoms with E-state index in [1.165, 1.54) is 244 Å². The molecule has 0 saturated carbocycles. The number of carbonyl (C=O) groups is 3. The molecular formula is C63H118O6. The number of hydrogen-bond acceptors (Lipinski definition) is 6. The highest BCUT2D eigenvalue weighted by molar-refractivity contribution is 5.71. The first-order chi connectivity index (χ1) is 34.0. The Hall–Kier alpha value is -2.11. The predicted octanol–water partition coefficient (Wildman–Crippen LogP) is 20.7. The first-order valence-corrected chi connectivity index (χ1v) is 30.8. The van der Waals surface area contributed by atoms with Crippen LogP contribution in [-0.2, 0) is 28.6 Å². The topological polar surface area (TPSA) is 78.9 Å². The lowest BCUT2D eigenvalue weighted by molar-refractivity contribution is -0.167. The summed E-state index contributed by atoms with van der Waals surface area (Å²) in [5.74, 6) is -0.854. The quantitative estimate of drug-likeness (QED) is 0.0261. The van der Waals surface area contributed by atoms with Crippen molar-refractivity contribution < 1.29 is 28.6 Å². The minimum atomic E-state index is -0.771. The first-order valence-electron chi connectivity index (χ1n) is 30.8. The van der Waals surface area contributed by atoms with Crippen LogP contribution < -0.4 is 0 Å². The molecule has 0 spiro atoms. The lowest BCUT2D eigenvalue weighted by atomic mass is 10.0. The van der Waals surface area contributed by atoms with E-state index in [9.17, 15) is 14.4 Å². The number of hydrogen-bond donors (Lipinski definition) is 0. The summed E-state index contributed by atoms with van der Waals surface area (Å²) in [4.78, 5) is 38.2. The molecule has 406 valence electrons. The molecule has 69 heavy (non-hydrogen) atoms. The number of carbonyl (C=O) groups excluding carboxylic acids is 3. The molecule has 0 aliphatic heterocycles. The van der Waals surface area contributed by atoms with Crippen molar-refractivity contribution in [3.63, 3.8) is 0 Å². The molecule has 0 aromatic rings. The summed E-state index contributed by atoms with van der Waals surface area (Å²) in [6.45, 7) is 6.68. The molecule has 0 rings (SSSR count). The minimum Gasteiger partial charge on any atom is -0.462 e. The Morgan fingerprint density at radius 1 is 0.275 bits per heavy atom. The SMILES string of the molecule is CCCCCC/C=C\CCCCCCCCCC(=O)OCC(COC(=O)CCCCCCCCC/C=C\CCCCCCCCCC)OC(=O)CCCCCCCCCCCCCCCCCCC. The van der Waals surface area contributed by atoms with Crippen molar-refractivity contribution in [1.82, 2.24) is 0 Å². The van der Waals surface area contributed by atoms with Gasteiger partial charge in [0.2, 0.25) is 0 Å². The summed E-state index contributed by atoms with van der Waals surface area (Å²) < 4.78 is 16.9. The van der Waals surface area contributed by atoms with Crippen molar-refractivity contribution in [1.29, 1.82) is 0 Å². The Kier molecular flexibility index (Phi) is 56.7. The average molecular weight is 972 g/mol. The van der Waals surface area contributed by atoms with Gasteiger partial charge >= 0.3 is 17.9 Å². The van der Waals surface area contributed by atoms with E-state index in [1.54, 1.807) is 0 Å². The van der Waals surface area contributed by atoms with Gasteiger partial charge in [-0.15, -0.1) is 0 Å². The molecule has 0 bridgehead atoms. The van der Waals surface area contributed by atoms with Crippen molar-refractivity contribution in [2.75, 3.05) is 13.2 Å². The molecule has 1 unspecified atom stereocenters. The molecule has 1 atom stereocenters. The average Bonchev–Trinajstić information content (AvgIpc) is 3.35. The molecule has 0 amide bonds. The standard InChI is InChI=1S/C63H118O6/c1-4-7-10-13-16-19-22-25-28-30-31-33-35-38-41-44-47-50-53-56-62(65)68-59-60(58-67-61(64)55-52-49-46-43-40-37-34-27-24-21-18-15-12-9-6-3)69-63(66)57-54-51-48-45-42-39-36-32-29-26-23-20-17-14-11-8-5-2/h21,24,30-31,60H,4-20,22-23,25-29,32-59H2,1-3H3/b24-21-,31-30-. The Bertz CT molecular complexity index is 1110. The van der Waals surface area contributed by atoms with Gasteiger partial charge in [-0.1, -0.05) is 276 Å². The molecule has 0 saturated heterocycles. The predicted molar refractivity (Wildman–Crippen MR) is 298 cm³/mol. The third-order valence-corrected chi connectivity index (χ3v) is 13.9. The summed E-state index contributed by atoms with van der Waals surface area (Å²) in [5.41, 5.74) is 0. The highest BCUT2D eigenvalue weighted by Gasteiger charge is 2.19. The summed E-state index contributed by atoms with van der Waals surface area (Å²) >= 11 is 0. The second kappa shape index (κ2) is 58.5. The molecule has 0 aromatic heterocycles. The van der Waals surface area contributed by atoms with Gasteiger partial charge in [0.15, 0.2) is 6.10 Å². The zero-order chi connectivity index (χ0) is 50.0. The van der Waals surface area contributed by atoms with Crippen LogP contribution >= 0.6 is 0 Å². The Balaban J connectivity index is 4.32. The van der Waals surface area contributed by atoms with Crippen molar-refractivity contribution in [2.24, 2.45) is 0 Å². The van der Waals surface area contributed by atoms with Gasteiger partial charge in [-0.05, 0) is 70.6 Å². The van der Waals surface area contributed by atoms with Gasteiger partial charge in [0.25, 0.3) is 0 Å². The van der Waals surface area contributed by atoms with Crippen LogP contribution in [-0.4, -0.2) is 37.2 Å². The molecule has 0 heterocycles. The fraction of sp³-hybridized carbons (Fsp3) is 0.889. The number of rotatable bonds is 57. The van der Waals surface area contributed by atoms with E-state index in [-0.39, 0.29) is 31.1 Å². The molecule has 6 heteroatoms. The molecule has 0 aromatic carbocycles. The van der Waals surface area contributed by atoms with E-state index in [0.717, 1.165) is 57.8 Å². The molecule has 0 aliphatic carbocycles. The summed E-state index contributed by atoms with van der Waals surface area (Å²) in [7, 11) is 0. The van der Waals surface area contributed by atoms with Gasteiger partial charge in [-0.25, -0.2) is 0 Å². The normalized spacial score (nSPS) is 12.1. The number of unbranched alkanes of at least 4 members (excludes halogenated alkanes) is 42. The molecule has 0 N–H and O–H groups in total. The zero-order valence-electron chi connectivity index (χ0n) is 46.6. The van der Waals surface area contributed by atoms with Crippen LogP contribution in [0.2, 0.25) is 0 Å². The second-order valence-electron chi connectivity index (χ2n) is 21.0. The fourth-order valence-corrected chi connectivity index (χ4v) is 9.26. The van der Waals surface area contributed by atoms with Crippen molar-refractivity contribution >= 4 is 17.9 Å². The van der Waals surface area contributed by atoms with Crippen LogP contribution in [0.5, 0.6) is 0 Å². The van der Waals surface area contributed by atoms with Crippen molar-refractivity contribution in [3.05, 3.63) is 24.3 Å². The van der Waals surface area contributed by atoms with Gasteiger partial charge in [0.05, 0.1) is 0 Å².